The first kappa shape index (κ1) is 79.9. The lowest BCUT2D eigenvalue weighted by Crippen LogP contribution is -2.47. The monoisotopic (exact) mass is 1180 g/mol. The average Bonchev–Trinajstić information content (AvgIpc) is 3.46. The van der Waals surface area contributed by atoms with Crippen LogP contribution in [0.1, 0.15) is 303 Å². The fourth-order valence-corrected chi connectivity index (χ4v) is 10.4. The molecule has 83 heavy (non-hydrogen) atoms. The van der Waals surface area contributed by atoms with Crippen molar-refractivity contribution in [1.82, 2.24) is 5.32 Å². The minimum absolute atomic E-state index is 0.0286. The van der Waals surface area contributed by atoms with Gasteiger partial charge < -0.3 is 28.5 Å². The lowest BCUT2D eigenvalue weighted by atomic mass is 10.0. The Morgan fingerprint density at radius 2 is 0.771 bits per heavy atom. The van der Waals surface area contributed by atoms with Gasteiger partial charge in [-0.3, -0.25) is 14.2 Å². The van der Waals surface area contributed by atoms with E-state index < -0.39 is 26.6 Å². The summed E-state index contributed by atoms with van der Waals surface area (Å²) >= 11 is 0. The number of nitrogens with one attached hydrogen (secondary N) is 1. The van der Waals surface area contributed by atoms with Gasteiger partial charge in [-0.2, -0.15) is 0 Å². The molecule has 0 aliphatic carbocycles. The molecule has 0 spiro atoms. The van der Waals surface area contributed by atoms with Crippen molar-refractivity contribution in [3.63, 3.8) is 0 Å². The molecule has 3 atom stereocenters. The predicted molar refractivity (Wildman–Crippen MR) is 358 cm³/mol. The fourth-order valence-electron chi connectivity index (χ4n) is 9.70. The second-order valence-corrected chi connectivity index (χ2v) is 25.7. The van der Waals surface area contributed by atoms with Gasteiger partial charge in [0.05, 0.1) is 33.8 Å². The van der Waals surface area contributed by atoms with Crippen LogP contribution in [0.4, 0.5) is 0 Å². The van der Waals surface area contributed by atoms with Crippen molar-refractivity contribution in [1.29, 1.82) is 0 Å². The summed E-state index contributed by atoms with van der Waals surface area (Å²) < 4.78 is 30.4. The molecule has 1 N–H and O–H groups in total. The summed E-state index contributed by atoms with van der Waals surface area (Å²) in [5.74, 6) is -0.553. The number of ether oxygens (including phenoxy) is 1. The minimum atomic E-state index is -4.71. The van der Waals surface area contributed by atoms with Crippen LogP contribution in [0.2, 0.25) is 0 Å². The largest absolute Gasteiger partial charge is 0.756 e. The Balaban J connectivity index is 5.19. The first-order chi connectivity index (χ1) is 40.4. The van der Waals surface area contributed by atoms with E-state index >= 15 is 0 Å². The highest BCUT2D eigenvalue weighted by molar-refractivity contribution is 7.45. The Morgan fingerprint density at radius 1 is 0.434 bits per heavy atom. The van der Waals surface area contributed by atoms with Gasteiger partial charge in [0.1, 0.15) is 19.3 Å². The summed E-state index contributed by atoms with van der Waals surface area (Å²) in [5.41, 5.74) is 0. The molecule has 480 valence electrons. The van der Waals surface area contributed by atoms with Crippen LogP contribution < -0.4 is 10.2 Å². The summed E-state index contributed by atoms with van der Waals surface area (Å²) in [6, 6.07) is -0.901. The zero-order valence-electron chi connectivity index (χ0n) is 54.9. The van der Waals surface area contributed by atoms with Crippen LogP contribution in [0.5, 0.6) is 0 Å². The van der Waals surface area contributed by atoms with Gasteiger partial charge in [-0.25, -0.2) is 0 Å². The molecule has 3 unspecified atom stereocenters. The third-order valence-electron chi connectivity index (χ3n) is 15.0. The maximum atomic E-state index is 13.6. The Kier molecular flexibility index (Phi) is 59.7. The number of hydrogen-bond donors (Lipinski definition) is 1. The fraction of sp³-hybridized carbons (Fsp3) is 0.753. The number of likely N-dealkylation sites (N-methyl/N-ethyl adjacent to an activating group) is 1. The summed E-state index contributed by atoms with van der Waals surface area (Å²) in [6.45, 7) is 6.72. The summed E-state index contributed by atoms with van der Waals surface area (Å²) in [6.07, 6.45) is 83.7. The number of rotatable bonds is 62. The number of carbonyl (C=O) groups is 2. The number of carbonyl (C=O) groups excluding carboxylic acids is 2. The zero-order valence-corrected chi connectivity index (χ0v) is 55.8. The van der Waals surface area contributed by atoms with Gasteiger partial charge in [0.15, 0.2) is 0 Å². The van der Waals surface area contributed by atoms with Gasteiger partial charge in [-0.1, -0.05) is 279 Å². The lowest BCUT2D eigenvalue weighted by Gasteiger charge is -2.30. The predicted octanol–water partition coefficient (Wildman–Crippen LogP) is 21.3. The second-order valence-electron chi connectivity index (χ2n) is 24.3. The number of esters is 1. The van der Waals surface area contributed by atoms with E-state index in [1.807, 2.05) is 33.3 Å². The van der Waals surface area contributed by atoms with Crippen LogP contribution in [0, 0.1) is 0 Å². The summed E-state index contributed by atoms with van der Waals surface area (Å²) in [5, 5.41) is 3.04. The highest BCUT2D eigenvalue weighted by atomic mass is 31.2. The normalized spacial score (nSPS) is 14.2. The number of unbranched alkanes of at least 4 members (excludes halogenated alkanes) is 32. The van der Waals surface area contributed by atoms with E-state index in [2.05, 4.69) is 111 Å². The van der Waals surface area contributed by atoms with Gasteiger partial charge in [0.2, 0.25) is 5.91 Å². The summed E-state index contributed by atoms with van der Waals surface area (Å²) in [7, 11) is 1.17. The molecule has 0 bridgehead atoms. The second kappa shape index (κ2) is 62.0. The minimum Gasteiger partial charge on any atom is -0.756 e. The maximum Gasteiger partial charge on any atom is 0.306 e. The maximum absolute atomic E-state index is 13.6. The number of nitrogens with zero attached hydrogens (tertiary/aromatic N) is 1. The van der Waals surface area contributed by atoms with E-state index in [1.165, 1.54) is 161 Å². The SMILES string of the molecule is CC/C=C\C/C=C\C/C=C\C/C=C\C/C=C\CCCCCCCCCC(=O)NC(COP(=O)([O-])OCC[N+](C)(C)C)C(/C=C/CCCCCCCCCCCCC)OC(=O)CCCCCCCCCCCCC/C=C\C/C=C\CCCCC. The van der Waals surface area contributed by atoms with Crippen molar-refractivity contribution in [2.45, 2.75) is 315 Å². The number of phosphoric acid groups is 1. The van der Waals surface area contributed by atoms with E-state index in [-0.39, 0.29) is 24.9 Å². The molecule has 0 aliphatic rings. The van der Waals surface area contributed by atoms with Gasteiger partial charge >= 0.3 is 5.97 Å². The third-order valence-corrected chi connectivity index (χ3v) is 16.0. The standard InChI is InChI=1S/C73H131N2O7P/c1-7-10-13-16-19-22-25-28-30-32-34-36-37-39-40-42-44-47-50-53-56-59-62-65-72(76)74-70(69-81-83(78,79)80-68-67-75(4,5)6)71(64-61-58-55-52-49-46-27-24-21-18-15-12-9-3)82-73(77)66-63-60-57-54-51-48-45-43-41-38-35-33-31-29-26-23-20-17-14-11-8-2/h10,13,19-20,22-23,28-31,34,36,39-40,61,64,70-71H,7-9,11-12,14-18,21,24-27,32-33,35,37-38,41-60,62-63,65-69H2,1-6H3,(H-,74,76,78,79)/b13-10-,22-19-,23-20-,30-28-,31-29-,36-34-,40-39-,64-61+. The molecular formula is C73H131N2O7P. The highest BCUT2D eigenvalue weighted by Gasteiger charge is 2.27. The number of allylic oxidation sites excluding steroid dienone is 15. The van der Waals surface area contributed by atoms with Crippen molar-refractivity contribution in [2.75, 3.05) is 40.9 Å². The zero-order chi connectivity index (χ0) is 60.7. The Labute approximate surface area is 513 Å². The Morgan fingerprint density at radius 3 is 1.18 bits per heavy atom. The van der Waals surface area contributed by atoms with Gasteiger partial charge in [0, 0.05) is 12.8 Å². The van der Waals surface area contributed by atoms with Crippen molar-refractivity contribution >= 4 is 19.7 Å². The first-order valence-electron chi connectivity index (χ1n) is 34.5. The van der Waals surface area contributed by atoms with Crippen LogP contribution in [-0.4, -0.2) is 69.4 Å². The molecule has 0 aliphatic heterocycles. The Hall–Kier alpha value is -3.07. The number of amides is 1. The molecule has 10 heteroatoms. The van der Waals surface area contributed by atoms with E-state index in [0.29, 0.717) is 17.4 Å². The van der Waals surface area contributed by atoms with Crippen molar-refractivity contribution in [3.05, 3.63) is 97.2 Å². The van der Waals surface area contributed by atoms with E-state index in [9.17, 15) is 19.0 Å². The molecule has 0 aromatic heterocycles. The van der Waals surface area contributed by atoms with E-state index in [1.54, 1.807) is 0 Å². The Bertz CT molecular complexity index is 1740. The molecule has 9 nitrogen and oxygen atoms in total. The molecular weight excluding hydrogens is 1050 g/mol. The van der Waals surface area contributed by atoms with E-state index in [4.69, 9.17) is 13.8 Å². The number of phosphoric ester groups is 1. The van der Waals surface area contributed by atoms with Gasteiger partial charge in [-0.15, -0.1) is 0 Å². The van der Waals surface area contributed by atoms with Crippen LogP contribution in [-0.2, 0) is 27.9 Å². The van der Waals surface area contributed by atoms with Crippen LogP contribution in [0.3, 0.4) is 0 Å². The molecule has 0 aromatic carbocycles. The van der Waals surface area contributed by atoms with Crippen molar-refractivity contribution in [3.8, 4) is 0 Å². The van der Waals surface area contributed by atoms with Gasteiger partial charge in [0.25, 0.3) is 7.82 Å². The molecule has 0 radical (unpaired) electrons. The molecule has 1 amide bonds. The number of hydrogen-bond acceptors (Lipinski definition) is 7. The third kappa shape index (κ3) is 63.3. The quantitative estimate of drug-likeness (QED) is 0.0212. The van der Waals surface area contributed by atoms with Crippen molar-refractivity contribution in [2.24, 2.45) is 0 Å². The van der Waals surface area contributed by atoms with E-state index in [0.717, 1.165) is 109 Å². The first-order valence-corrected chi connectivity index (χ1v) is 36.0. The molecule has 0 saturated heterocycles. The van der Waals surface area contributed by atoms with Crippen LogP contribution >= 0.6 is 7.82 Å². The highest BCUT2D eigenvalue weighted by Crippen LogP contribution is 2.38. The van der Waals surface area contributed by atoms with Crippen LogP contribution in [0.15, 0.2) is 97.2 Å². The van der Waals surface area contributed by atoms with Crippen molar-refractivity contribution < 1.29 is 37.3 Å². The number of quaternary nitrogens is 1. The lowest BCUT2D eigenvalue weighted by molar-refractivity contribution is -0.870. The summed E-state index contributed by atoms with van der Waals surface area (Å²) in [4.78, 5) is 40.2. The molecule has 0 saturated carbocycles. The molecule has 0 rings (SSSR count). The topological polar surface area (TPSA) is 114 Å². The molecule has 0 heterocycles. The van der Waals surface area contributed by atoms with Gasteiger partial charge in [-0.05, 0) is 109 Å². The molecule has 0 fully saturated rings. The average molecular weight is 1180 g/mol. The molecule has 0 aromatic rings. The van der Waals surface area contributed by atoms with Crippen LogP contribution in [0.25, 0.3) is 0 Å². The smallest absolute Gasteiger partial charge is 0.306 e.